The summed E-state index contributed by atoms with van der Waals surface area (Å²) in [6.07, 6.45) is 2.23. The average Bonchev–Trinajstić information content (AvgIpc) is 3.37. The van der Waals surface area contributed by atoms with E-state index in [4.69, 9.17) is 26.4 Å². The molecule has 1 unspecified atom stereocenters. The first-order chi connectivity index (χ1) is 20.4. The van der Waals surface area contributed by atoms with Gasteiger partial charge in [0.1, 0.15) is 0 Å². The number of rotatable bonds is 6. The number of carbonyl (C=O) groups excluding carboxylic acids is 1. The van der Waals surface area contributed by atoms with E-state index in [0.29, 0.717) is 11.0 Å². The van der Waals surface area contributed by atoms with Crippen molar-refractivity contribution in [2.24, 2.45) is 10.1 Å². The number of hydrogen-bond acceptors (Lipinski definition) is 7. The van der Waals surface area contributed by atoms with Crippen LogP contribution < -0.4 is 5.01 Å². The van der Waals surface area contributed by atoms with Gasteiger partial charge in [0.25, 0.3) is 0 Å². The van der Waals surface area contributed by atoms with Gasteiger partial charge in [0.05, 0.1) is 24.0 Å². The molecule has 0 radical (unpaired) electrons. The maximum Gasteiger partial charge on any atom is 0.376 e. The Balaban J connectivity index is 1.58. The number of benzene rings is 3. The van der Waals surface area contributed by atoms with Crippen LogP contribution in [0.4, 0.5) is 5.69 Å². The van der Waals surface area contributed by atoms with Gasteiger partial charge in [-0.05, 0) is 79.9 Å². The number of likely N-dealkylation sites (N-methyl/N-ethyl adjacent to an activating group) is 1. The molecule has 7 nitrogen and oxygen atoms in total. The lowest BCUT2D eigenvalue weighted by molar-refractivity contribution is -0.135. The number of anilines is 1. The molecule has 8 heteroatoms. The monoisotopic (exact) mass is 579 g/mol. The zero-order valence-electron chi connectivity index (χ0n) is 24.3. The molecular formula is C34H34ClN5O2. The summed E-state index contributed by atoms with van der Waals surface area (Å²) in [6, 6.07) is 24.1. The van der Waals surface area contributed by atoms with E-state index in [0.717, 1.165) is 53.3 Å². The molecule has 0 spiro atoms. The number of amidine groups is 1. The number of hydrogen-bond donors (Lipinski definition) is 0. The summed E-state index contributed by atoms with van der Waals surface area (Å²) in [4.78, 5) is 23.1. The third-order valence-corrected chi connectivity index (χ3v) is 8.06. The van der Waals surface area contributed by atoms with E-state index in [1.54, 1.807) is 11.9 Å². The third kappa shape index (κ3) is 5.26. The number of ether oxygens (including phenoxy) is 1. The number of aryl methyl sites for hydroxylation is 2. The first-order valence-electron chi connectivity index (χ1n) is 14.3. The Morgan fingerprint density at radius 3 is 2.26 bits per heavy atom. The van der Waals surface area contributed by atoms with Gasteiger partial charge in [-0.2, -0.15) is 5.01 Å². The fourth-order valence-electron chi connectivity index (χ4n) is 5.62. The molecular weight excluding hydrogens is 546 g/mol. The van der Waals surface area contributed by atoms with Crippen LogP contribution in [0.1, 0.15) is 42.1 Å². The molecule has 1 atom stereocenters. The number of guanidine groups is 1. The highest BCUT2D eigenvalue weighted by Gasteiger charge is 2.47. The molecule has 42 heavy (non-hydrogen) atoms. The molecule has 0 N–H and O–H groups in total. The van der Waals surface area contributed by atoms with E-state index in [1.165, 1.54) is 11.1 Å². The molecule has 3 aliphatic rings. The summed E-state index contributed by atoms with van der Waals surface area (Å²) >= 11 is 6.23. The molecule has 6 rings (SSSR count). The zero-order valence-corrected chi connectivity index (χ0v) is 25.1. The van der Waals surface area contributed by atoms with Gasteiger partial charge in [0, 0.05) is 18.1 Å². The van der Waals surface area contributed by atoms with E-state index < -0.39 is 5.97 Å². The Morgan fingerprint density at radius 1 is 0.952 bits per heavy atom. The van der Waals surface area contributed by atoms with Crippen LogP contribution in [0.2, 0.25) is 5.02 Å². The molecule has 214 valence electrons. The lowest BCUT2D eigenvalue weighted by atomic mass is 9.87. The fourth-order valence-corrected chi connectivity index (χ4v) is 5.75. The summed E-state index contributed by atoms with van der Waals surface area (Å²) in [7, 11) is 0. The van der Waals surface area contributed by atoms with E-state index in [9.17, 15) is 4.79 Å². The van der Waals surface area contributed by atoms with Crippen molar-refractivity contribution in [3.8, 4) is 0 Å². The number of carbonyl (C=O) groups is 1. The van der Waals surface area contributed by atoms with Crippen LogP contribution in [0, 0.1) is 13.8 Å². The molecule has 0 aliphatic carbocycles. The van der Waals surface area contributed by atoms with Crippen LogP contribution >= 0.6 is 11.6 Å². The molecule has 0 fully saturated rings. The van der Waals surface area contributed by atoms with Gasteiger partial charge >= 0.3 is 5.97 Å². The van der Waals surface area contributed by atoms with Crippen molar-refractivity contribution >= 4 is 41.1 Å². The second kappa shape index (κ2) is 11.6. The highest BCUT2D eigenvalue weighted by molar-refractivity contribution is 6.41. The zero-order chi connectivity index (χ0) is 29.4. The second-order valence-corrected chi connectivity index (χ2v) is 11.2. The Kier molecular flexibility index (Phi) is 7.71. The predicted molar refractivity (Wildman–Crippen MR) is 169 cm³/mol. The van der Waals surface area contributed by atoms with Crippen LogP contribution in [0.25, 0.3) is 6.08 Å². The van der Waals surface area contributed by atoms with E-state index in [-0.39, 0.29) is 18.5 Å². The number of nitrogens with zero attached hydrogens (tertiary/aromatic N) is 5. The van der Waals surface area contributed by atoms with E-state index in [1.807, 2.05) is 29.2 Å². The van der Waals surface area contributed by atoms with Gasteiger partial charge in [0.2, 0.25) is 11.8 Å². The van der Waals surface area contributed by atoms with Crippen LogP contribution in [-0.4, -0.2) is 53.8 Å². The molecule has 3 aromatic carbocycles. The minimum atomic E-state index is -0.485. The second-order valence-electron chi connectivity index (χ2n) is 10.8. The highest BCUT2D eigenvalue weighted by atomic mass is 35.5. The molecule has 3 aromatic rings. The van der Waals surface area contributed by atoms with E-state index >= 15 is 0 Å². The quantitative estimate of drug-likeness (QED) is 0.303. The minimum Gasteiger partial charge on any atom is -0.460 e. The first kappa shape index (κ1) is 27.9. The van der Waals surface area contributed by atoms with Crippen LogP contribution in [0.5, 0.6) is 0 Å². The largest absolute Gasteiger partial charge is 0.460 e. The number of esters is 1. The van der Waals surface area contributed by atoms with Crippen LogP contribution in [0.3, 0.4) is 0 Å². The first-order valence-corrected chi connectivity index (χ1v) is 14.7. The standard InChI is InChI=1S/C34H34ClN5O2/c1-5-38-20-26(19-24-11-7-22(3)8-12-24)30-29(21-38)31(25-13-9-23(4)10-14-25)39-32(33(41)42-6-2)37-40(34(39)36-30)28-17-15-27(35)16-18-28/h7-19,31H,5-6,20-21H2,1-4H3/b26-19+. The maximum atomic E-state index is 13.4. The SMILES string of the molecule is CCOC(=O)C1=NN(c2ccc(Cl)cc2)C2=NC3=C(CN(CC)C/C3=C\c3ccc(C)cc3)C(c3ccc(C)cc3)N12. The number of halogens is 1. The normalized spacial score (nSPS) is 19.5. The highest BCUT2D eigenvalue weighted by Crippen LogP contribution is 2.44. The van der Waals surface area contributed by atoms with Crippen LogP contribution in [-0.2, 0) is 9.53 Å². The van der Waals surface area contributed by atoms with Crippen molar-refractivity contribution in [1.82, 2.24) is 9.80 Å². The number of hydrazone groups is 1. The lowest BCUT2D eigenvalue weighted by Gasteiger charge is -2.41. The van der Waals surface area contributed by atoms with Gasteiger partial charge in [-0.1, -0.05) is 78.2 Å². The summed E-state index contributed by atoms with van der Waals surface area (Å²) in [5, 5.41) is 7.17. The van der Waals surface area contributed by atoms with Crippen LogP contribution in [0.15, 0.2) is 99.7 Å². The summed E-state index contributed by atoms with van der Waals surface area (Å²) in [6.45, 7) is 10.8. The molecule has 3 aliphatic heterocycles. The fraction of sp³-hybridized carbons (Fsp3) is 0.265. The summed E-state index contributed by atoms with van der Waals surface area (Å²) < 4.78 is 5.52. The Labute approximate surface area is 252 Å². The van der Waals surface area contributed by atoms with Crippen molar-refractivity contribution in [3.05, 3.63) is 117 Å². The van der Waals surface area contributed by atoms with Crippen molar-refractivity contribution in [3.63, 3.8) is 0 Å². The van der Waals surface area contributed by atoms with Gasteiger partial charge in [-0.3, -0.25) is 9.80 Å². The Hall–Kier alpha value is -4.20. The topological polar surface area (TPSA) is 60.7 Å². The van der Waals surface area contributed by atoms with Crippen molar-refractivity contribution in [1.29, 1.82) is 0 Å². The Bertz CT molecular complexity index is 1620. The average molecular weight is 580 g/mol. The summed E-state index contributed by atoms with van der Waals surface area (Å²) in [5.74, 6) is 0.284. The van der Waals surface area contributed by atoms with Gasteiger partial charge < -0.3 is 4.74 Å². The van der Waals surface area contributed by atoms with Crippen molar-refractivity contribution in [2.45, 2.75) is 33.7 Å². The van der Waals surface area contributed by atoms with Gasteiger partial charge in [-0.25, -0.2) is 9.79 Å². The minimum absolute atomic E-state index is 0.209. The molecule has 0 aromatic heterocycles. The molecule has 3 heterocycles. The predicted octanol–water partition coefficient (Wildman–Crippen LogP) is 6.74. The maximum absolute atomic E-state index is 13.4. The van der Waals surface area contributed by atoms with Crippen molar-refractivity contribution in [2.75, 3.05) is 31.3 Å². The molecule has 0 amide bonds. The summed E-state index contributed by atoms with van der Waals surface area (Å²) in [5.41, 5.74) is 8.52. The smallest absolute Gasteiger partial charge is 0.376 e. The number of fused-ring (bicyclic) bond motifs is 1. The lowest BCUT2D eigenvalue weighted by Crippen LogP contribution is -2.49. The van der Waals surface area contributed by atoms with Gasteiger partial charge in [0.15, 0.2) is 0 Å². The Morgan fingerprint density at radius 2 is 1.62 bits per heavy atom. The molecule has 0 saturated heterocycles. The van der Waals surface area contributed by atoms with Crippen molar-refractivity contribution < 1.29 is 9.53 Å². The molecule has 0 bridgehead atoms. The number of aliphatic imine (C=N–C) groups is 1. The third-order valence-electron chi connectivity index (χ3n) is 7.81. The van der Waals surface area contributed by atoms with E-state index in [2.05, 4.69) is 80.3 Å². The molecule has 0 saturated carbocycles. The van der Waals surface area contributed by atoms with Gasteiger partial charge in [-0.15, -0.1) is 5.10 Å².